The Morgan fingerprint density at radius 2 is 1.74 bits per heavy atom. The van der Waals surface area contributed by atoms with Gasteiger partial charge in [-0.05, 0) is 43.1 Å². The summed E-state index contributed by atoms with van der Waals surface area (Å²) in [7, 11) is 0. The van der Waals surface area contributed by atoms with Gasteiger partial charge in [0.2, 0.25) is 5.91 Å². The molecule has 1 fully saturated rings. The van der Waals surface area contributed by atoms with Crippen molar-refractivity contribution < 1.29 is 9.59 Å². The number of carbonyl (C=O) groups excluding carboxylic acids is 2. The summed E-state index contributed by atoms with van der Waals surface area (Å²) < 4.78 is 0. The molecule has 0 unspecified atom stereocenters. The van der Waals surface area contributed by atoms with Crippen molar-refractivity contribution in [1.82, 2.24) is 24.8 Å². The number of benzene rings is 2. The minimum atomic E-state index is -0.398. The van der Waals surface area contributed by atoms with Crippen LogP contribution in [0.25, 0.3) is 22.4 Å². The van der Waals surface area contributed by atoms with E-state index in [4.69, 9.17) is 17.3 Å². The summed E-state index contributed by atoms with van der Waals surface area (Å²) in [5, 5.41) is 4.65. The molecule has 2 aromatic carbocycles. The lowest BCUT2D eigenvalue weighted by Gasteiger charge is -2.34. The molecule has 2 aromatic heterocycles. The average Bonchev–Trinajstić information content (AvgIpc) is 3.39. The summed E-state index contributed by atoms with van der Waals surface area (Å²) >= 11 is 5.98. The number of aromatic amines is 1. The number of H-pyrrole nitrogens is 1. The van der Waals surface area contributed by atoms with Gasteiger partial charge in [-0.2, -0.15) is 0 Å². The number of nitrogens with two attached hydrogens (primary N) is 1. The lowest BCUT2D eigenvalue weighted by Crippen LogP contribution is -2.49. The number of hydrogen-bond donors (Lipinski definition) is 3. The first-order valence-corrected chi connectivity index (χ1v) is 13.6. The van der Waals surface area contributed by atoms with Gasteiger partial charge in [0, 0.05) is 49.7 Å². The summed E-state index contributed by atoms with van der Waals surface area (Å²) in [6.45, 7) is 4.34. The Hall–Kier alpha value is -3.95. The molecular weight excluding hydrogens is 514 g/mol. The average molecular weight is 546 g/mol. The number of amides is 2. The number of carbonyl (C=O) groups is 2. The second-order valence-electron chi connectivity index (χ2n) is 9.71. The number of halogens is 1. The minimum Gasteiger partial charge on any atom is -0.370 e. The molecule has 1 saturated heterocycles. The van der Waals surface area contributed by atoms with Crippen LogP contribution in [0.1, 0.15) is 28.9 Å². The van der Waals surface area contributed by atoms with Crippen molar-refractivity contribution in [1.29, 1.82) is 0 Å². The van der Waals surface area contributed by atoms with Crippen molar-refractivity contribution in [2.24, 2.45) is 5.73 Å². The van der Waals surface area contributed by atoms with Crippen LogP contribution in [0.2, 0.25) is 5.02 Å². The van der Waals surface area contributed by atoms with E-state index in [-0.39, 0.29) is 12.3 Å². The third-order valence-electron chi connectivity index (χ3n) is 6.93. The molecule has 39 heavy (non-hydrogen) atoms. The maximum absolute atomic E-state index is 13.4. The molecule has 10 heteroatoms. The number of fused-ring (bicyclic) bond motifs is 1. The first kappa shape index (κ1) is 26.6. The second-order valence-corrected chi connectivity index (χ2v) is 10.2. The van der Waals surface area contributed by atoms with Crippen molar-refractivity contribution in [2.75, 3.05) is 44.6 Å². The zero-order valence-electron chi connectivity index (χ0n) is 21.7. The van der Waals surface area contributed by atoms with Crippen molar-refractivity contribution in [3.05, 3.63) is 76.9 Å². The Balaban J connectivity index is 1.24. The number of nitrogens with one attached hydrogen (secondary N) is 2. The van der Waals surface area contributed by atoms with Crippen molar-refractivity contribution >= 4 is 40.3 Å². The van der Waals surface area contributed by atoms with Gasteiger partial charge in [-0.25, -0.2) is 9.97 Å². The first-order chi connectivity index (χ1) is 19.0. The highest BCUT2D eigenvalue weighted by Crippen LogP contribution is 2.26. The third kappa shape index (κ3) is 6.74. The van der Waals surface area contributed by atoms with E-state index >= 15 is 0 Å². The molecule has 4 aromatic rings. The van der Waals surface area contributed by atoms with E-state index < -0.39 is 5.91 Å². The molecule has 0 bridgehead atoms. The molecule has 9 nitrogen and oxygen atoms in total. The molecule has 3 heterocycles. The van der Waals surface area contributed by atoms with E-state index in [0.717, 1.165) is 43.1 Å². The Morgan fingerprint density at radius 3 is 2.46 bits per heavy atom. The van der Waals surface area contributed by atoms with Crippen molar-refractivity contribution in [2.45, 2.75) is 19.3 Å². The Labute approximate surface area is 232 Å². The van der Waals surface area contributed by atoms with Crippen molar-refractivity contribution in [3.63, 3.8) is 0 Å². The maximum atomic E-state index is 13.4. The highest BCUT2D eigenvalue weighted by atomic mass is 35.5. The van der Waals surface area contributed by atoms with E-state index in [0.29, 0.717) is 48.0 Å². The van der Waals surface area contributed by atoms with Gasteiger partial charge in [0.25, 0.3) is 5.91 Å². The van der Waals surface area contributed by atoms with Gasteiger partial charge in [-0.3, -0.25) is 14.5 Å². The lowest BCUT2D eigenvalue weighted by molar-refractivity contribution is -0.117. The molecular formula is C29H32ClN7O2. The quantitative estimate of drug-likeness (QED) is 0.277. The summed E-state index contributed by atoms with van der Waals surface area (Å²) in [4.78, 5) is 41.5. The van der Waals surface area contributed by atoms with Gasteiger partial charge in [-0.1, -0.05) is 54.1 Å². The number of rotatable bonds is 10. The number of aryl methyl sites for hydroxylation is 1. The molecule has 1 aliphatic heterocycles. The molecule has 0 aliphatic carbocycles. The molecule has 0 spiro atoms. The third-order valence-corrected chi connectivity index (χ3v) is 7.18. The molecule has 0 atom stereocenters. The molecule has 202 valence electrons. The predicted molar refractivity (Wildman–Crippen MR) is 154 cm³/mol. The largest absolute Gasteiger partial charge is 0.370 e. The van der Waals surface area contributed by atoms with Crippen LogP contribution in [0.5, 0.6) is 0 Å². The number of nitrogens with zero attached hydrogens (tertiary/aromatic N) is 4. The Kier molecular flexibility index (Phi) is 8.39. The minimum absolute atomic E-state index is 0.0573. The van der Waals surface area contributed by atoms with E-state index in [1.54, 1.807) is 6.07 Å². The predicted octanol–water partition coefficient (Wildman–Crippen LogP) is 3.96. The van der Waals surface area contributed by atoms with Crippen LogP contribution >= 0.6 is 11.6 Å². The number of piperazine rings is 1. The van der Waals surface area contributed by atoms with Crippen LogP contribution in [0, 0.1) is 0 Å². The molecule has 0 saturated carbocycles. The molecule has 4 N–H and O–H groups in total. The van der Waals surface area contributed by atoms with Crippen LogP contribution in [0.15, 0.2) is 60.7 Å². The molecule has 0 radical (unpaired) electrons. The number of anilines is 1. The molecule has 2 amide bonds. The first-order valence-electron chi connectivity index (χ1n) is 13.2. The van der Waals surface area contributed by atoms with Crippen LogP contribution < -0.4 is 11.1 Å². The number of hydrogen-bond acceptors (Lipinski definition) is 6. The topological polar surface area (TPSA) is 120 Å². The number of aromatic nitrogens is 3. The summed E-state index contributed by atoms with van der Waals surface area (Å²) in [5.74, 6) is 0.627. The van der Waals surface area contributed by atoms with Crippen molar-refractivity contribution in [3.8, 4) is 11.4 Å². The standard InChI is InChI=1S/C29H32ClN7O2/c30-22-10-8-20(9-11-22)5-4-14-36-15-17-37(18-16-36)29(39)24-19-23-27(32-13-12-25(31)38)34-26(35-28(23)33-24)21-6-2-1-3-7-21/h1-3,6-11,19H,4-5,12-18H2,(H2,31,38)(H2,32,33,34,35). The van der Waals surface area contributed by atoms with Gasteiger partial charge in [0.15, 0.2) is 5.82 Å². The van der Waals surface area contributed by atoms with E-state index in [1.165, 1.54) is 5.56 Å². The van der Waals surface area contributed by atoms with Gasteiger partial charge >= 0.3 is 0 Å². The van der Waals surface area contributed by atoms with Gasteiger partial charge < -0.3 is 20.9 Å². The SMILES string of the molecule is NC(=O)CCNc1nc(-c2ccccc2)nc2[nH]c(C(=O)N3CCN(CCCc4ccc(Cl)cc4)CC3)cc12. The van der Waals surface area contributed by atoms with E-state index in [9.17, 15) is 9.59 Å². The van der Waals surface area contributed by atoms with Gasteiger partial charge in [-0.15, -0.1) is 0 Å². The second kappa shape index (κ2) is 12.3. The zero-order chi connectivity index (χ0) is 27.2. The highest BCUT2D eigenvalue weighted by molar-refractivity contribution is 6.30. The summed E-state index contributed by atoms with van der Waals surface area (Å²) in [5.41, 5.74) is 8.48. The van der Waals surface area contributed by atoms with E-state index in [2.05, 4.69) is 37.3 Å². The summed E-state index contributed by atoms with van der Waals surface area (Å²) in [6.07, 6.45) is 2.24. The molecule has 1 aliphatic rings. The normalized spacial score (nSPS) is 14.0. The van der Waals surface area contributed by atoms with Gasteiger partial charge in [0.1, 0.15) is 17.2 Å². The van der Waals surface area contributed by atoms with Crippen LogP contribution in [0.3, 0.4) is 0 Å². The fourth-order valence-electron chi connectivity index (χ4n) is 4.78. The monoisotopic (exact) mass is 545 g/mol. The van der Waals surface area contributed by atoms with Crippen LogP contribution in [0.4, 0.5) is 5.82 Å². The zero-order valence-corrected chi connectivity index (χ0v) is 22.5. The van der Waals surface area contributed by atoms with E-state index in [1.807, 2.05) is 47.4 Å². The number of primary amides is 1. The lowest BCUT2D eigenvalue weighted by atomic mass is 10.1. The maximum Gasteiger partial charge on any atom is 0.270 e. The Morgan fingerprint density at radius 1 is 1.00 bits per heavy atom. The van der Waals surface area contributed by atoms with Crippen LogP contribution in [-0.4, -0.2) is 75.8 Å². The summed E-state index contributed by atoms with van der Waals surface area (Å²) in [6, 6.07) is 19.4. The van der Waals surface area contributed by atoms with Gasteiger partial charge in [0.05, 0.1) is 5.39 Å². The highest BCUT2D eigenvalue weighted by Gasteiger charge is 2.24. The molecule has 5 rings (SSSR count). The smallest absolute Gasteiger partial charge is 0.270 e. The van der Waals surface area contributed by atoms with Crippen LogP contribution in [-0.2, 0) is 11.2 Å². The fraction of sp³-hybridized carbons (Fsp3) is 0.310. The Bertz CT molecular complexity index is 1430. The fourth-order valence-corrected chi connectivity index (χ4v) is 4.91.